The molecule has 1 amide bonds. The Morgan fingerprint density at radius 2 is 1.87 bits per heavy atom. The molecule has 5 nitrogen and oxygen atoms in total. The number of hydrogen-bond acceptors (Lipinski definition) is 4. The van der Waals surface area contributed by atoms with E-state index in [1.165, 1.54) is 11.1 Å². The first-order chi connectivity index (χ1) is 14.5. The van der Waals surface area contributed by atoms with E-state index in [-0.39, 0.29) is 12.2 Å². The summed E-state index contributed by atoms with van der Waals surface area (Å²) in [5.74, 6) is 1.64. The number of likely N-dealkylation sites (N-methyl/N-ethyl adjacent to an activating group) is 1. The van der Waals surface area contributed by atoms with Crippen LogP contribution in [0.25, 0.3) is 5.57 Å². The predicted octanol–water partition coefficient (Wildman–Crippen LogP) is 5.21. The minimum atomic E-state index is -0.165. The summed E-state index contributed by atoms with van der Waals surface area (Å²) < 4.78 is 11.3. The monoisotopic (exact) mass is 414 g/mol. The summed E-state index contributed by atoms with van der Waals surface area (Å²) in [6.07, 6.45) is 7.61. The number of benzene rings is 1. The molecule has 166 valence electrons. The Kier molecular flexibility index (Phi) is 8.61. The first-order valence-corrected chi connectivity index (χ1v) is 11.6. The Labute approximate surface area is 182 Å². The van der Waals surface area contributed by atoms with Crippen LogP contribution in [0.3, 0.4) is 0 Å². The Balaban J connectivity index is 1.33. The highest BCUT2D eigenvalue weighted by Crippen LogP contribution is 2.25. The molecule has 1 aromatic rings. The Bertz CT molecular complexity index is 691. The van der Waals surface area contributed by atoms with Crippen molar-refractivity contribution in [3.63, 3.8) is 0 Å². The van der Waals surface area contributed by atoms with E-state index in [9.17, 15) is 4.79 Å². The van der Waals surface area contributed by atoms with Crippen LogP contribution < -0.4 is 4.74 Å². The van der Waals surface area contributed by atoms with Crippen molar-refractivity contribution in [2.75, 3.05) is 39.3 Å². The van der Waals surface area contributed by atoms with Gasteiger partial charge in [-0.1, -0.05) is 25.1 Å². The van der Waals surface area contributed by atoms with Crippen LogP contribution in [0, 0.1) is 5.92 Å². The van der Waals surface area contributed by atoms with Gasteiger partial charge < -0.3 is 14.4 Å². The molecule has 0 aromatic heterocycles. The molecular weight excluding hydrogens is 376 g/mol. The third-order valence-electron chi connectivity index (χ3n) is 6.20. The van der Waals surface area contributed by atoms with Gasteiger partial charge in [-0.05, 0) is 81.7 Å². The molecule has 3 rings (SSSR count). The number of hydrogen-bond donors (Lipinski definition) is 0. The zero-order chi connectivity index (χ0) is 21.3. The molecular formula is C25H38N2O3. The lowest BCUT2D eigenvalue weighted by Crippen LogP contribution is -2.39. The van der Waals surface area contributed by atoms with Crippen molar-refractivity contribution in [3.05, 3.63) is 35.9 Å². The Morgan fingerprint density at radius 3 is 2.47 bits per heavy atom. The lowest BCUT2D eigenvalue weighted by Gasteiger charge is -2.31. The van der Waals surface area contributed by atoms with Gasteiger partial charge in [0.2, 0.25) is 0 Å². The highest BCUT2D eigenvalue weighted by molar-refractivity contribution is 5.68. The maximum absolute atomic E-state index is 12.0. The molecule has 0 unspecified atom stereocenters. The van der Waals surface area contributed by atoms with Crippen LogP contribution in [0.1, 0.15) is 58.4 Å². The molecule has 0 radical (unpaired) electrons. The quantitative estimate of drug-likeness (QED) is 0.548. The van der Waals surface area contributed by atoms with Crippen LogP contribution >= 0.6 is 0 Å². The van der Waals surface area contributed by atoms with E-state index in [0.717, 1.165) is 77.2 Å². The van der Waals surface area contributed by atoms with Crippen LogP contribution in [0.15, 0.2) is 30.3 Å². The number of rotatable bonds is 8. The average molecular weight is 415 g/mol. The molecule has 5 heteroatoms. The molecule has 1 aromatic carbocycles. The van der Waals surface area contributed by atoms with Gasteiger partial charge in [-0.25, -0.2) is 4.79 Å². The van der Waals surface area contributed by atoms with Crippen LogP contribution in [0.4, 0.5) is 4.79 Å². The van der Waals surface area contributed by atoms with Crippen LogP contribution in [0.5, 0.6) is 5.75 Å². The molecule has 0 N–H and O–H groups in total. The molecule has 30 heavy (non-hydrogen) atoms. The third-order valence-corrected chi connectivity index (χ3v) is 6.20. The summed E-state index contributed by atoms with van der Waals surface area (Å²) in [7, 11) is 0. The fourth-order valence-electron chi connectivity index (χ4n) is 4.27. The molecule has 0 aliphatic carbocycles. The smallest absolute Gasteiger partial charge is 0.410 e. The number of piperidine rings is 1. The van der Waals surface area contributed by atoms with Crippen molar-refractivity contribution in [3.8, 4) is 5.75 Å². The largest absolute Gasteiger partial charge is 0.494 e. The number of nitrogens with zero attached hydrogens (tertiary/aromatic N) is 2. The molecule has 0 saturated carbocycles. The minimum absolute atomic E-state index is 0.0488. The summed E-state index contributed by atoms with van der Waals surface area (Å²) >= 11 is 0. The molecule has 0 bridgehead atoms. The van der Waals surface area contributed by atoms with Crippen molar-refractivity contribution in [1.29, 1.82) is 0 Å². The standard InChI is InChI=1S/C25H38N2O3/c1-4-26-15-13-23(14-16-26)22-7-9-24(10-8-22)29-19-5-6-21-11-17-27(18-12-21)25(28)30-20(2)3/h7-10,13,20-21H,4-6,11-12,14-19H2,1-3H3. The second kappa shape index (κ2) is 11.4. The number of ether oxygens (including phenoxy) is 2. The molecule has 2 aliphatic rings. The second-order valence-electron chi connectivity index (χ2n) is 8.75. The summed E-state index contributed by atoms with van der Waals surface area (Å²) in [5.41, 5.74) is 2.77. The van der Waals surface area contributed by atoms with Gasteiger partial charge in [-0.3, -0.25) is 4.90 Å². The highest BCUT2D eigenvalue weighted by Gasteiger charge is 2.24. The molecule has 0 atom stereocenters. The van der Waals surface area contributed by atoms with Crippen molar-refractivity contribution in [1.82, 2.24) is 9.80 Å². The second-order valence-corrected chi connectivity index (χ2v) is 8.75. The summed E-state index contributed by atoms with van der Waals surface area (Å²) in [4.78, 5) is 16.3. The van der Waals surface area contributed by atoms with E-state index in [1.807, 2.05) is 18.7 Å². The summed E-state index contributed by atoms with van der Waals surface area (Å²) in [6, 6.07) is 8.58. The lowest BCUT2D eigenvalue weighted by atomic mass is 9.92. The maximum atomic E-state index is 12.0. The minimum Gasteiger partial charge on any atom is -0.494 e. The van der Waals surface area contributed by atoms with E-state index in [2.05, 4.69) is 42.2 Å². The van der Waals surface area contributed by atoms with E-state index in [0.29, 0.717) is 5.92 Å². The van der Waals surface area contributed by atoms with Gasteiger partial charge >= 0.3 is 6.09 Å². The van der Waals surface area contributed by atoms with Gasteiger partial charge in [0.15, 0.2) is 0 Å². The van der Waals surface area contributed by atoms with Gasteiger partial charge in [0.05, 0.1) is 12.7 Å². The van der Waals surface area contributed by atoms with Crippen molar-refractivity contribution in [2.24, 2.45) is 5.92 Å². The van der Waals surface area contributed by atoms with Crippen LogP contribution in [-0.4, -0.2) is 61.3 Å². The molecule has 2 aliphatic heterocycles. The molecule has 0 spiro atoms. The van der Waals surface area contributed by atoms with Gasteiger partial charge in [-0.2, -0.15) is 0 Å². The van der Waals surface area contributed by atoms with Crippen molar-refractivity contribution < 1.29 is 14.3 Å². The predicted molar refractivity (Wildman–Crippen MR) is 122 cm³/mol. The van der Waals surface area contributed by atoms with Crippen LogP contribution in [-0.2, 0) is 4.74 Å². The third kappa shape index (κ3) is 6.76. The summed E-state index contributed by atoms with van der Waals surface area (Å²) in [5, 5.41) is 0. The Hall–Kier alpha value is -2.01. The van der Waals surface area contributed by atoms with Crippen molar-refractivity contribution >= 4 is 11.7 Å². The fourth-order valence-corrected chi connectivity index (χ4v) is 4.27. The molecule has 1 saturated heterocycles. The van der Waals surface area contributed by atoms with Crippen LogP contribution in [0.2, 0.25) is 0 Å². The van der Waals surface area contributed by atoms with E-state index in [4.69, 9.17) is 9.47 Å². The zero-order valence-corrected chi connectivity index (χ0v) is 18.9. The van der Waals surface area contributed by atoms with E-state index < -0.39 is 0 Å². The average Bonchev–Trinajstić information content (AvgIpc) is 2.77. The normalized spacial score (nSPS) is 18.4. The lowest BCUT2D eigenvalue weighted by molar-refractivity contribution is 0.0643. The van der Waals surface area contributed by atoms with Gasteiger partial charge in [0.1, 0.15) is 5.75 Å². The molecule has 2 heterocycles. The molecule has 1 fully saturated rings. The number of carbonyl (C=O) groups excluding carboxylic acids is 1. The summed E-state index contributed by atoms with van der Waals surface area (Å²) in [6.45, 7) is 11.7. The van der Waals surface area contributed by atoms with Gasteiger partial charge in [0, 0.05) is 26.2 Å². The first-order valence-electron chi connectivity index (χ1n) is 11.6. The topological polar surface area (TPSA) is 42.0 Å². The highest BCUT2D eigenvalue weighted by atomic mass is 16.6. The van der Waals surface area contributed by atoms with Gasteiger partial charge in [-0.15, -0.1) is 0 Å². The number of likely N-dealkylation sites (tertiary alicyclic amines) is 1. The SMILES string of the molecule is CCN1CC=C(c2ccc(OCCCC3CCN(C(=O)OC(C)C)CC3)cc2)CC1. The maximum Gasteiger partial charge on any atom is 0.410 e. The van der Waals surface area contributed by atoms with Crippen molar-refractivity contribution in [2.45, 2.75) is 59.0 Å². The van der Waals surface area contributed by atoms with E-state index >= 15 is 0 Å². The number of amides is 1. The fraction of sp³-hybridized carbons (Fsp3) is 0.640. The van der Waals surface area contributed by atoms with Gasteiger partial charge in [0.25, 0.3) is 0 Å². The number of carbonyl (C=O) groups is 1. The first kappa shape index (κ1) is 22.7. The van der Waals surface area contributed by atoms with E-state index in [1.54, 1.807) is 0 Å². The Morgan fingerprint density at radius 1 is 1.13 bits per heavy atom. The zero-order valence-electron chi connectivity index (χ0n) is 18.9.